The maximum atomic E-state index is 10.6. The number of aromatic nitrogens is 3. The molecule has 2 aromatic rings. The molecular formula is C7H6BrN5O. The van der Waals surface area contributed by atoms with Crippen LogP contribution in [0.15, 0.2) is 16.9 Å². The molecule has 0 radical (unpaired) electrons. The Morgan fingerprint density at radius 2 is 2.36 bits per heavy atom. The third-order valence-electron chi connectivity index (χ3n) is 1.68. The van der Waals surface area contributed by atoms with Gasteiger partial charge in [0.15, 0.2) is 0 Å². The van der Waals surface area contributed by atoms with E-state index in [-0.39, 0.29) is 0 Å². The van der Waals surface area contributed by atoms with E-state index in [2.05, 4.69) is 36.4 Å². The van der Waals surface area contributed by atoms with Gasteiger partial charge in [0.05, 0.1) is 22.4 Å². The summed E-state index contributed by atoms with van der Waals surface area (Å²) < 4.78 is 0.655. The van der Waals surface area contributed by atoms with Crippen LogP contribution in [0.4, 0.5) is 10.6 Å². The van der Waals surface area contributed by atoms with E-state index in [0.29, 0.717) is 10.3 Å². The van der Waals surface area contributed by atoms with Crippen molar-refractivity contribution in [2.45, 2.75) is 0 Å². The Kier molecular flexibility index (Phi) is 2.08. The number of aromatic amines is 1. The van der Waals surface area contributed by atoms with E-state index in [0.717, 1.165) is 10.9 Å². The Bertz CT molecular complexity index is 494. The van der Waals surface area contributed by atoms with Crippen molar-refractivity contribution in [1.82, 2.24) is 15.2 Å². The number of halogens is 1. The molecule has 0 aliphatic rings. The van der Waals surface area contributed by atoms with Crippen LogP contribution in [0.1, 0.15) is 0 Å². The van der Waals surface area contributed by atoms with Crippen molar-refractivity contribution < 1.29 is 4.79 Å². The summed E-state index contributed by atoms with van der Waals surface area (Å²) in [6, 6.07) is -0.652. The molecule has 2 aromatic heterocycles. The quantitative estimate of drug-likeness (QED) is 0.715. The van der Waals surface area contributed by atoms with Gasteiger partial charge in [0.2, 0.25) is 0 Å². The maximum Gasteiger partial charge on any atom is 0.317 e. The third kappa shape index (κ3) is 1.41. The first-order valence-corrected chi connectivity index (χ1v) is 4.52. The van der Waals surface area contributed by atoms with Crippen LogP contribution in [-0.4, -0.2) is 21.2 Å². The SMILES string of the molecule is NC(=O)Nc1ncc2[nH]ncc2c1Br. The average Bonchev–Trinajstić information content (AvgIpc) is 2.57. The Morgan fingerprint density at radius 1 is 1.57 bits per heavy atom. The van der Waals surface area contributed by atoms with Gasteiger partial charge in [-0.15, -0.1) is 0 Å². The second kappa shape index (κ2) is 3.26. The predicted octanol–water partition coefficient (Wildman–Crippen LogP) is 1.21. The third-order valence-corrected chi connectivity index (χ3v) is 2.48. The maximum absolute atomic E-state index is 10.6. The fourth-order valence-corrected chi connectivity index (χ4v) is 1.60. The second-order valence-corrected chi connectivity index (χ2v) is 3.40. The van der Waals surface area contributed by atoms with Crippen LogP contribution >= 0.6 is 15.9 Å². The van der Waals surface area contributed by atoms with Crippen molar-refractivity contribution in [3.05, 3.63) is 16.9 Å². The molecule has 14 heavy (non-hydrogen) atoms. The van der Waals surface area contributed by atoms with Crippen molar-refractivity contribution in [2.75, 3.05) is 5.32 Å². The van der Waals surface area contributed by atoms with Gasteiger partial charge in [-0.2, -0.15) is 5.10 Å². The van der Waals surface area contributed by atoms with E-state index in [9.17, 15) is 4.79 Å². The van der Waals surface area contributed by atoms with Gasteiger partial charge in [-0.25, -0.2) is 9.78 Å². The van der Waals surface area contributed by atoms with Crippen molar-refractivity contribution >= 4 is 38.7 Å². The van der Waals surface area contributed by atoms with Crippen molar-refractivity contribution in [2.24, 2.45) is 5.73 Å². The molecule has 6 nitrogen and oxygen atoms in total. The summed E-state index contributed by atoms with van der Waals surface area (Å²) in [4.78, 5) is 14.6. The Hall–Kier alpha value is -1.63. The van der Waals surface area contributed by atoms with E-state index < -0.39 is 6.03 Å². The molecule has 72 valence electrons. The topological polar surface area (TPSA) is 96.7 Å². The van der Waals surface area contributed by atoms with E-state index in [1.165, 1.54) is 0 Å². The van der Waals surface area contributed by atoms with Gasteiger partial charge in [0.1, 0.15) is 5.82 Å². The lowest BCUT2D eigenvalue weighted by atomic mass is 10.3. The summed E-state index contributed by atoms with van der Waals surface area (Å²) in [5, 5.41) is 9.83. The molecule has 0 aliphatic heterocycles. The lowest BCUT2D eigenvalue weighted by Gasteiger charge is -2.03. The first-order valence-electron chi connectivity index (χ1n) is 3.72. The standard InChI is InChI=1S/C7H6BrN5O/c8-5-3-1-11-13-4(3)2-10-6(5)12-7(9)14/h1-2H,(H,11,13)(H3,9,10,12,14). The van der Waals surface area contributed by atoms with Gasteiger partial charge >= 0.3 is 6.03 Å². The van der Waals surface area contributed by atoms with Gasteiger partial charge in [0, 0.05) is 5.39 Å². The summed E-state index contributed by atoms with van der Waals surface area (Å²) in [5.74, 6) is 0.381. The average molecular weight is 256 g/mol. The molecule has 0 bridgehead atoms. The van der Waals surface area contributed by atoms with Gasteiger partial charge < -0.3 is 5.73 Å². The Labute approximate surface area is 87.0 Å². The smallest absolute Gasteiger partial charge is 0.317 e. The highest BCUT2D eigenvalue weighted by Crippen LogP contribution is 2.27. The number of rotatable bonds is 1. The number of hydrogen-bond acceptors (Lipinski definition) is 3. The van der Waals surface area contributed by atoms with Crippen molar-refractivity contribution in [3.63, 3.8) is 0 Å². The number of H-pyrrole nitrogens is 1. The Morgan fingerprint density at radius 3 is 3.07 bits per heavy atom. The highest BCUT2D eigenvalue weighted by atomic mass is 79.9. The van der Waals surface area contributed by atoms with Crippen LogP contribution in [0, 0.1) is 0 Å². The number of nitrogens with zero attached hydrogens (tertiary/aromatic N) is 2. The number of pyridine rings is 1. The summed E-state index contributed by atoms with van der Waals surface area (Å²) in [6.07, 6.45) is 3.20. The monoisotopic (exact) mass is 255 g/mol. The fourth-order valence-electron chi connectivity index (χ4n) is 1.09. The zero-order valence-electron chi connectivity index (χ0n) is 6.91. The van der Waals surface area contributed by atoms with E-state index >= 15 is 0 Å². The highest BCUT2D eigenvalue weighted by Gasteiger charge is 2.08. The number of primary amides is 1. The molecule has 0 saturated carbocycles. The highest BCUT2D eigenvalue weighted by molar-refractivity contribution is 9.10. The number of amides is 2. The molecule has 0 spiro atoms. The molecule has 0 saturated heterocycles. The van der Waals surface area contributed by atoms with Crippen LogP contribution in [0.3, 0.4) is 0 Å². The number of carbonyl (C=O) groups is 1. The van der Waals surface area contributed by atoms with E-state index in [1.54, 1.807) is 12.4 Å². The molecule has 2 rings (SSSR count). The number of urea groups is 1. The largest absolute Gasteiger partial charge is 0.351 e. The van der Waals surface area contributed by atoms with E-state index in [4.69, 9.17) is 5.73 Å². The van der Waals surface area contributed by atoms with Crippen LogP contribution in [0.25, 0.3) is 10.9 Å². The van der Waals surface area contributed by atoms with Crippen LogP contribution in [0.2, 0.25) is 0 Å². The zero-order chi connectivity index (χ0) is 10.1. The lowest BCUT2D eigenvalue weighted by Crippen LogP contribution is -2.20. The van der Waals surface area contributed by atoms with Crippen molar-refractivity contribution in [3.8, 4) is 0 Å². The van der Waals surface area contributed by atoms with Gasteiger partial charge in [-0.05, 0) is 15.9 Å². The molecule has 0 aromatic carbocycles. The second-order valence-electron chi connectivity index (χ2n) is 2.61. The summed E-state index contributed by atoms with van der Waals surface area (Å²) in [7, 11) is 0. The van der Waals surface area contributed by atoms with Crippen LogP contribution in [0.5, 0.6) is 0 Å². The Balaban J connectivity index is 2.56. The van der Waals surface area contributed by atoms with Gasteiger partial charge in [0.25, 0.3) is 0 Å². The molecule has 0 atom stereocenters. The summed E-state index contributed by atoms with van der Waals surface area (Å²) in [5.41, 5.74) is 5.76. The van der Waals surface area contributed by atoms with E-state index in [1.807, 2.05) is 0 Å². The number of anilines is 1. The molecule has 0 aliphatic carbocycles. The molecule has 2 amide bonds. The molecule has 4 N–H and O–H groups in total. The molecule has 0 fully saturated rings. The van der Waals surface area contributed by atoms with Gasteiger partial charge in [-0.3, -0.25) is 10.4 Å². The molecule has 2 heterocycles. The van der Waals surface area contributed by atoms with Crippen molar-refractivity contribution in [1.29, 1.82) is 0 Å². The lowest BCUT2D eigenvalue weighted by molar-refractivity contribution is 0.259. The minimum Gasteiger partial charge on any atom is -0.351 e. The summed E-state index contributed by atoms with van der Waals surface area (Å²) >= 11 is 3.30. The minimum absolute atomic E-state index is 0.381. The van der Waals surface area contributed by atoms with Gasteiger partial charge in [-0.1, -0.05) is 0 Å². The first-order chi connectivity index (χ1) is 6.68. The predicted molar refractivity (Wildman–Crippen MR) is 54.8 cm³/mol. The van der Waals surface area contributed by atoms with Crippen LogP contribution < -0.4 is 11.1 Å². The number of nitrogens with two attached hydrogens (primary N) is 1. The number of carbonyl (C=O) groups excluding carboxylic acids is 1. The van der Waals surface area contributed by atoms with Crippen LogP contribution in [-0.2, 0) is 0 Å². The number of nitrogens with one attached hydrogen (secondary N) is 2. The zero-order valence-corrected chi connectivity index (χ0v) is 8.50. The molecule has 7 heteroatoms. The number of fused-ring (bicyclic) bond motifs is 1. The number of hydrogen-bond donors (Lipinski definition) is 3. The fraction of sp³-hybridized carbons (Fsp3) is 0. The molecular weight excluding hydrogens is 250 g/mol. The minimum atomic E-state index is -0.652. The molecule has 0 unspecified atom stereocenters. The normalized spacial score (nSPS) is 10.4. The summed E-state index contributed by atoms with van der Waals surface area (Å²) in [6.45, 7) is 0. The first kappa shape index (κ1) is 8.95.